The summed E-state index contributed by atoms with van der Waals surface area (Å²) >= 11 is 0. The molecular formula is C22H23N3O. The summed E-state index contributed by atoms with van der Waals surface area (Å²) in [5.41, 5.74) is 6.40. The van der Waals surface area contributed by atoms with Crippen molar-refractivity contribution >= 4 is 5.91 Å². The van der Waals surface area contributed by atoms with Crippen molar-refractivity contribution in [1.29, 1.82) is 0 Å². The van der Waals surface area contributed by atoms with Crippen LogP contribution < -0.4 is 5.32 Å². The van der Waals surface area contributed by atoms with Gasteiger partial charge in [-0.2, -0.15) is 0 Å². The van der Waals surface area contributed by atoms with E-state index in [1.807, 2.05) is 44.2 Å². The van der Waals surface area contributed by atoms with Gasteiger partial charge >= 0.3 is 0 Å². The second-order valence-corrected chi connectivity index (χ2v) is 6.96. The van der Waals surface area contributed by atoms with Crippen molar-refractivity contribution in [1.82, 2.24) is 14.9 Å². The Labute approximate surface area is 153 Å². The van der Waals surface area contributed by atoms with Crippen molar-refractivity contribution < 1.29 is 4.79 Å². The summed E-state index contributed by atoms with van der Waals surface area (Å²) in [6.07, 6.45) is 3.80. The second-order valence-electron chi connectivity index (χ2n) is 6.96. The van der Waals surface area contributed by atoms with Crippen LogP contribution in [0.15, 0.2) is 54.7 Å². The quantitative estimate of drug-likeness (QED) is 0.778. The zero-order valence-electron chi connectivity index (χ0n) is 15.2. The lowest BCUT2D eigenvalue weighted by Gasteiger charge is -2.14. The van der Waals surface area contributed by atoms with Gasteiger partial charge in [0.15, 0.2) is 0 Å². The lowest BCUT2D eigenvalue weighted by atomic mass is 10.1. The number of aryl methyl sites for hydroxylation is 2. The molecule has 2 aromatic heterocycles. The zero-order chi connectivity index (χ0) is 18.1. The smallest absolute Gasteiger partial charge is 0.253 e. The molecule has 0 radical (unpaired) electrons. The number of carbonyl (C=O) groups is 1. The van der Waals surface area contributed by atoms with E-state index in [2.05, 4.69) is 33.1 Å². The van der Waals surface area contributed by atoms with E-state index in [9.17, 15) is 4.79 Å². The maximum Gasteiger partial charge on any atom is 0.253 e. The van der Waals surface area contributed by atoms with Crippen LogP contribution in [0.3, 0.4) is 0 Å². The zero-order valence-corrected chi connectivity index (χ0v) is 15.2. The molecule has 1 unspecified atom stereocenters. The summed E-state index contributed by atoms with van der Waals surface area (Å²) in [4.78, 5) is 17.3. The van der Waals surface area contributed by atoms with Gasteiger partial charge in [0.2, 0.25) is 0 Å². The molecule has 1 aromatic carbocycles. The molecule has 1 aliphatic carbocycles. The van der Waals surface area contributed by atoms with Crippen LogP contribution in [0.1, 0.15) is 51.0 Å². The number of hydrogen-bond acceptors (Lipinski definition) is 2. The molecule has 0 saturated carbocycles. The van der Waals surface area contributed by atoms with E-state index in [1.54, 1.807) is 6.20 Å². The number of nitrogens with zero attached hydrogens (tertiary/aromatic N) is 2. The highest BCUT2D eigenvalue weighted by Gasteiger charge is 2.25. The third-order valence-electron chi connectivity index (χ3n) is 5.30. The van der Waals surface area contributed by atoms with Crippen LogP contribution >= 0.6 is 0 Å². The summed E-state index contributed by atoms with van der Waals surface area (Å²) in [6.45, 7) is 4.73. The molecule has 4 rings (SSSR count). The number of nitrogens with one attached hydrogen (secondary N) is 1. The largest absolute Gasteiger partial charge is 0.345 e. The first-order chi connectivity index (χ1) is 12.6. The molecule has 0 fully saturated rings. The first-order valence-corrected chi connectivity index (χ1v) is 9.09. The van der Waals surface area contributed by atoms with E-state index in [4.69, 9.17) is 0 Å². The Balaban J connectivity index is 1.55. The van der Waals surface area contributed by atoms with E-state index >= 15 is 0 Å². The first kappa shape index (κ1) is 16.6. The first-order valence-electron chi connectivity index (χ1n) is 9.09. The van der Waals surface area contributed by atoms with Gasteiger partial charge in [-0.25, -0.2) is 0 Å². The van der Waals surface area contributed by atoms with Gasteiger partial charge in [0.05, 0.1) is 23.8 Å². The highest BCUT2D eigenvalue weighted by molar-refractivity contribution is 5.96. The molecule has 1 amide bonds. The van der Waals surface area contributed by atoms with Gasteiger partial charge in [0.1, 0.15) is 0 Å². The highest BCUT2D eigenvalue weighted by Crippen LogP contribution is 2.31. The number of amides is 1. The molecule has 1 atom stereocenters. The SMILES string of the molecule is Cc1cc(C(=O)NC2CCc3ccccc32)c(C)n1Cc1ccccn1. The van der Waals surface area contributed by atoms with E-state index in [-0.39, 0.29) is 11.9 Å². The molecule has 1 aliphatic rings. The molecule has 4 nitrogen and oxygen atoms in total. The minimum atomic E-state index is 0.00655. The van der Waals surface area contributed by atoms with Gasteiger partial charge in [-0.05, 0) is 56.0 Å². The Bertz CT molecular complexity index is 943. The molecular weight excluding hydrogens is 322 g/mol. The Morgan fingerprint density at radius 3 is 2.81 bits per heavy atom. The minimum Gasteiger partial charge on any atom is -0.345 e. The van der Waals surface area contributed by atoms with E-state index < -0.39 is 0 Å². The van der Waals surface area contributed by atoms with Crippen molar-refractivity contribution in [2.24, 2.45) is 0 Å². The number of rotatable bonds is 4. The minimum absolute atomic E-state index is 0.00655. The van der Waals surface area contributed by atoms with Crippen molar-refractivity contribution in [2.75, 3.05) is 0 Å². The van der Waals surface area contributed by atoms with E-state index in [0.717, 1.165) is 35.5 Å². The standard InChI is InChI=1S/C22H23N3O/c1-15-13-20(16(2)25(15)14-18-8-5-6-12-23-18)22(26)24-21-11-10-17-7-3-4-9-19(17)21/h3-9,12-13,21H,10-11,14H2,1-2H3,(H,24,26). The van der Waals surface area contributed by atoms with Crippen molar-refractivity contribution in [3.63, 3.8) is 0 Å². The lowest BCUT2D eigenvalue weighted by molar-refractivity contribution is 0.0936. The van der Waals surface area contributed by atoms with Crippen LogP contribution in [-0.2, 0) is 13.0 Å². The predicted octanol–water partition coefficient (Wildman–Crippen LogP) is 3.97. The van der Waals surface area contributed by atoms with Gasteiger partial charge in [-0.15, -0.1) is 0 Å². The molecule has 1 N–H and O–H groups in total. The van der Waals surface area contributed by atoms with Gasteiger partial charge in [0.25, 0.3) is 5.91 Å². The number of benzene rings is 1. The lowest BCUT2D eigenvalue weighted by Crippen LogP contribution is -2.27. The van der Waals surface area contributed by atoms with Gasteiger partial charge in [-0.1, -0.05) is 30.3 Å². The molecule has 0 spiro atoms. The van der Waals surface area contributed by atoms with Crippen LogP contribution in [0.2, 0.25) is 0 Å². The van der Waals surface area contributed by atoms with Crippen LogP contribution in [0.4, 0.5) is 0 Å². The summed E-state index contributed by atoms with van der Waals surface area (Å²) in [5, 5.41) is 3.23. The molecule has 0 bridgehead atoms. The predicted molar refractivity (Wildman–Crippen MR) is 102 cm³/mol. The number of carbonyl (C=O) groups excluding carboxylic acids is 1. The van der Waals surface area contributed by atoms with Crippen molar-refractivity contribution in [3.8, 4) is 0 Å². The maximum absolute atomic E-state index is 12.9. The van der Waals surface area contributed by atoms with Crippen LogP contribution in [-0.4, -0.2) is 15.5 Å². The highest BCUT2D eigenvalue weighted by atomic mass is 16.1. The topological polar surface area (TPSA) is 46.9 Å². The maximum atomic E-state index is 12.9. The molecule has 0 saturated heterocycles. The van der Waals surface area contributed by atoms with Crippen molar-refractivity contribution in [3.05, 3.63) is 88.5 Å². The van der Waals surface area contributed by atoms with E-state index in [1.165, 1.54) is 11.1 Å². The number of fused-ring (bicyclic) bond motifs is 1. The number of pyridine rings is 1. The van der Waals surface area contributed by atoms with Crippen LogP contribution in [0.5, 0.6) is 0 Å². The third kappa shape index (κ3) is 3.03. The summed E-state index contributed by atoms with van der Waals surface area (Å²) in [5.74, 6) is 0.00655. The molecule has 2 heterocycles. The van der Waals surface area contributed by atoms with Gasteiger partial charge in [0, 0.05) is 17.6 Å². The van der Waals surface area contributed by atoms with E-state index in [0.29, 0.717) is 6.54 Å². The third-order valence-corrected chi connectivity index (χ3v) is 5.30. The Kier molecular flexibility index (Phi) is 4.33. The molecule has 132 valence electrons. The molecule has 3 aromatic rings. The fourth-order valence-corrected chi connectivity index (χ4v) is 3.87. The fourth-order valence-electron chi connectivity index (χ4n) is 3.87. The average molecular weight is 345 g/mol. The molecule has 4 heteroatoms. The summed E-state index contributed by atoms with van der Waals surface area (Å²) < 4.78 is 2.15. The van der Waals surface area contributed by atoms with Gasteiger partial charge in [-0.3, -0.25) is 9.78 Å². The summed E-state index contributed by atoms with van der Waals surface area (Å²) in [7, 11) is 0. The van der Waals surface area contributed by atoms with Crippen molar-refractivity contribution in [2.45, 2.75) is 39.3 Å². The Hall–Kier alpha value is -2.88. The van der Waals surface area contributed by atoms with Crippen LogP contribution in [0, 0.1) is 13.8 Å². The number of aromatic nitrogens is 2. The normalized spacial score (nSPS) is 15.7. The Morgan fingerprint density at radius 2 is 2.00 bits per heavy atom. The second kappa shape index (κ2) is 6.79. The van der Waals surface area contributed by atoms with Crippen LogP contribution in [0.25, 0.3) is 0 Å². The van der Waals surface area contributed by atoms with Gasteiger partial charge < -0.3 is 9.88 Å². The monoisotopic (exact) mass is 345 g/mol. The molecule has 26 heavy (non-hydrogen) atoms. The average Bonchev–Trinajstić information content (AvgIpc) is 3.19. The number of hydrogen-bond donors (Lipinski definition) is 1. The fraction of sp³-hybridized carbons (Fsp3) is 0.273. The molecule has 0 aliphatic heterocycles. The summed E-state index contributed by atoms with van der Waals surface area (Å²) in [6, 6.07) is 16.4. The Morgan fingerprint density at radius 1 is 1.19 bits per heavy atom.